The number of hydrogen-bond acceptors (Lipinski definition) is 6. The predicted molar refractivity (Wildman–Crippen MR) is 104 cm³/mol. The number of carbonyl (C=O) groups is 2. The summed E-state index contributed by atoms with van der Waals surface area (Å²) in [6.07, 6.45) is 0. The lowest BCUT2D eigenvalue weighted by Crippen LogP contribution is -2.31. The highest BCUT2D eigenvalue weighted by Gasteiger charge is 2.17. The monoisotopic (exact) mass is 382 g/mol. The van der Waals surface area contributed by atoms with Gasteiger partial charge in [-0.05, 0) is 36.4 Å². The van der Waals surface area contributed by atoms with Crippen molar-refractivity contribution >= 4 is 28.9 Å². The molecule has 0 saturated carbocycles. The second-order valence-electron chi connectivity index (χ2n) is 5.63. The zero-order chi connectivity index (χ0) is 19.2. The first-order valence-corrected chi connectivity index (χ1v) is 9.05. The maximum absolute atomic E-state index is 12.2. The van der Waals surface area contributed by atoms with E-state index >= 15 is 0 Å². The molecule has 0 spiro atoms. The minimum absolute atomic E-state index is 0.181. The van der Waals surface area contributed by atoms with Gasteiger partial charge in [-0.15, -0.1) is 11.3 Å². The van der Waals surface area contributed by atoms with E-state index in [1.54, 1.807) is 31.7 Å². The number of rotatable bonds is 6. The molecule has 6 nitrogen and oxygen atoms in total. The van der Waals surface area contributed by atoms with Gasteiger partial charge in [0.2, 0.25) is 0 Å². The van der Waals surface area contributed by atoms with E-state index < -0.39 is 5.97 Å². The lowest BCUT2D eigenvalue weighted by molar-refractivity contribution is -0.121. The maximum Gasteiger partial charge on any atom is 0.358 e. The highest BCUT2D eigenvalue weighted by molar-refractivity contribution is 7.13. The number of nitrogens with zero attached hydrogens (tertiary/aromatic N) is 2. The van der Waals surface area contributed by atoms with Crippen LogP contribution in [0.25, 0.3) is 10.6 Å². The zero-order valence-corrected chi connectivity index (χ0v) is 15.7. The van der Waals surface area contributed by atoms with Gasteiger partial charge >= 0.3 is 5.97 Å². The number of para-hydroxylation sites is 1. The number of methoxy groups -OCH3 is 1. The number of hydrogen-bond donors (Lipinski definition) is 0. The van der Waals surface area contributed by atoms with Crippen LogP contribution in [0.5, 0.6) is 5.75 Å². The Morgan fingerprint density at radius 2 is 1.78 bits per heavy atom. The maximum atomic E-state index is 12.2. The fourth-order valence-electron chi connectivity index (χ4n) is 2.33. The number of benzene rings is 2. The third-order valence-corrected chi connectivity index (χ3v) is 4.79. The lowest BCUT2D eigenvalue weighted by atomic mass is 10.2. The number of thiazole rings is 1. The molecule has 1 heterocycles. The van der Waals surface area contributed by atoms with E-state index in [0.717, 1.165) is 17.0 Å². The van der Waals surface area contributed by atoms with Crippen molar-refractivity contribution in [1.82, 2.24) is 4.98 Å². The number of anilines is 1. The molecule has 0 aliphatic rings. The topological polar surface area (TPSA) is 68.7 Å². The number of amides is 1. The molecule has 0 N–H and O–H groups in total. The Kier molecular flexibility index (Phi) is 5.83. The number of carbonyl (C=O) groups excluding carboxylic acids is 2. The van der Waals surface area contributed by atoms with Crippen molar-refractivity contribution in [3.63, 3.8) is 0 Å². The standard InChI is InChI=1S/C20H18N2O4S/c1-22(15-6-4-3-5-7-15)18(23)12-26-20(24)17-13-27-19(21-17)14-8-10-16(25-2)11-9-14/h3-11,13H,12H2,1-2H3. The van der Waals surface area contributed by atoms with E-state index in [0.29, 0.717) is 5.01 Å². The van der Waals surface area contributed by atoms with Crippen LogP contribution < -0.4 is 9.64 Å². The molecule has 0 bridgehead atoms. The Labute approximate surface area is 161 Å². The molecule has 27 heavy (non-hydrogen) atoms. The van der Waals surface area contributed by atoms with Gasteiger partial charge in [-0.2, -0.15) is 0 Å². The summed E-state index contributed by atoms with van der Waals surface area (Å²) in [4.78, 5) is 30.1. The Hall–Kier alpha value is -3.19. The van der Waals surface area contributed by atoms with Gasteiger partial charge in [-0.25, -0.2) is 9.78 Å². The SMILES string of the molecule is COc1ccc(-c2nc(C(=O)OCC(=O)N(C)c3ccccc3)cs2)cc1. The molecule has 3 aromatic rings. The minimum atomic E-state index is -0.624. The van der Waals surface area contributed by atoms with Crippen molar-refractivity contribution in [2.45, 2.75) is 0 Å². The van der Waals surface area contributed by atoms with E-state index in [1.807, 2.05) is 42.5 Å². The third kappa shape index (κ3) is 4.51. The molecule has 0 atom stereocenters. The van der Waals surface area contributed by atoms with E-state index in [1.165, 1.54) is 16.2 Å². The van der Waals surface area contributed by atoms with Gasteiger partial charge in [0.1, 0.15) is 10.8 Å². The van der Waals surface area contributed by atoms with E-state index in [9.17, 15) is 9.59 Å². The molecule has 0 saturated heterocycles. The molecular weight excluding hydrogens is 364 g/mol. The van der Waals surface area contributed by atoms with Crippen LogP contribution in [-0.2, 0) is 9.53 Å². The van der Waals surface area contributed by atoms with Gasteiger partial charge in [0.25, 0.3) is 5.91 Å². The van der Waals surface area contributed by atoms with Crippen LogP contribution in [0, 0.1) is 0 Å². The second kappa shape index (κ2) is 8.46. The van der Waals surface area contributed by atoms with Gasteiger partial charge < -0.3 is 14.4 Å². The summed E-state index contributed by atoms with van der Waals surface area (Å²) >= 11 is 1.33. The fourth-order valence-corrected chi connectivity index (χ4v) is 3.12. The zero-order valence-electron chi connectivity index (χ0n) is 14.9. The number of aromatic nitrogens is 1. The van der Waals surface area contributed by atoms with Crippen molar-refractivity contribution in [3.05, 3.63) is 65.7 Å². The fraction of sp³-hybridized carbons (Fsp3) is 0.150. The van der Waals surface area contributed by atoms with Gasteiger partial charge in [0, 0.05) is 23.7 Å². The average Bonchev–Trinajstić information content (AvgIpc) is 3.22. The predicted octanol–water partition coefficient (Wildman–Crippen LogP) is 3.64. The Morgan fingerprint density at radius 1 is 1.07 bits per heavy atom. The number of likely N-dealkylation sites (N-methyl/N-ethyl adjacent to an activating group) is 1. The number of esters is 1. The summed E-state index contributed by atoms with van der Waals surface area (Å²) in [7, 11) is 3.24. The van der Waals surface area contributed by atoms with Gasteiger partial charge in [-0.3, -0.25) is 4.79 Å². The molecular formula is C20H18N2O4S. The van der Waals surface area contributed by atoms with Crippen LogP contribution >= 0.6 is 11.3 Å². The quantitative estimate of drug-likeness (QED) is 0.609. The molecule has 1 aromatic heterocycles. The van der Waals surface area contributed by atoms with Gasteiger partial charge in [0.05, 0.1) is 7.11 Å². The molecule has 0 fully saturated rings. The van der Waals surface area contributed by atoms with Crippen molar-refractivity contribution in [1.29, 1.82) is 0 Å². The van der Waals surface area contributed by atoms with E-state index in [2.05, 4.69) is 4.98 Å². The van der Waals surface area contributed by atoms with Gasteiger partial charge in [0.15, 0.2) is 12.3 Å². The summed E-state index contributed by atoms with van der Waals surface area (Å²) in [6.45, 7) is -0.348. The van der Waals surface area contributed by atoms with E-state index in [-0.39, 0.29) is 18.2 Å². The summed E-state index contributed by atoms with van der Waals surface area (Å²) < 4.78 is 10.2. The van der Waals surface area contributed by atoms with E-state index in [4.69, 9.17) is 9.47 Å². The van der Waals surface area contributed by atoms with Crippen molar-refractivity contribution in [2.75, 3.05) is 25.7 Å². The average molecular weight is 382 g/mol. The lowest BCUT2D eigenvalue weighted by Gasteiger charge is -2.16. The molecule has 138 valence electrons. The first kappa shape index (κ1) is 18.6. The first-order valence-electron chi connectivity index (χ1n) is 8.17. The normalized spacial score (nSPS) is 10.3. The molecule has 3 rings (SSSR count). The van der Waals surface area contributed by atoms with Crippen LogP contribution in [0.3, 0.4) is 0 Å². The molecule has 1 amide bonds. The highest BCUT2D eigenvalue weighted by Crippen LogP contribution is 2.26. The summed E-state index contributed by atoms with van der Waals surface area (Å²) in [5.74, 6) is -0.197. The van der Waals surface area contributed by atoms with Crippen LogP contribution in [0.15, 0.2) is 60.0 Å². The molecule has 0 radical (unpaired) electrons. The highest BCUT2D eigenvalue weighted by atomic mass is 32.1. The van der Waals surface area contributed by atoms with Crippen LogP contribution in [0.4, 0.5) is 5.69 Å². The van der Waals surface area contributed by atoms with Crippen LogP contribution in [-0.4, -0.2) is 37.6 Å². The Bertz CT molecular complexity index is 923. The molecule has 2 aromatic carbocycles. The number of ether oxygens (including phenoxy) is 2. The van der Waals surface area contributed by atoms with Gasteiger partial charge in [-0.1, -0.05) is 18.2 Å². The summed E-state index contributed by atoms with van der Waals surface area (Å²) in [5.41, 5.74) is 1.79. The molecule has 0 aliphatic carbocycles. The third-order valence-electron chi connectivity index (χ3n) is 3.89. The summed E-state index contributed by atoms with van der Waals surface area (Å²) in [6, 6.07) is 16.5. The Morgan fingerprint density at radius 3 is 2.44 bits per heavy atom. The largest absolute Gasteiger partial charge is 0.497 e. The molecule has 0 unspecified atom stereocenters. The Balaban J connectivity index is 1.60. The smallest absolute Gasteiger partial charge is 0.358 e. The summed E-state index contributed by atoms with van der Waals surface area (Å²) in [5, 5.41) is 2.31. The minimum Gasteiger partial charge on any atom is -0.497 e. The molecule has 7 heteroatoms. The van der Waals surface area contributed by atoms with Crippen LogP contribution in [0.1, 0.15) is 10.5 Å². The van der Waals surface area contributed by atoms with Crippen molar-refractivity contribution in [2.24, 2.45) is 0 Å². The second-order valence-corrected chi connectivity index (χ2v) is 6.49. The first-order chi connectivity index (χ1) is 13.1. The van der Waals surface area contributed by atoms with Crippen LogP contribution in [0.2, 0.25) is 0 Å². The molecule has 0 aliphatic heterocycles. The van der Waals surface area contributed by atoms with Crippen molar-refractivity contribution in [3.8, 4) is 16.3 Å². The van der Waals surface area contributed by atoms with Crippen molar-refractivity contribution < 1.29 is 19.1 Å².